The topological polar surface area (TPSA) is 37.8 Å². The van der Waals surface area contributed by atoms with Gasteiger partial charge in [-0.1, -0.05) is 24.7 Å². The van der Waals surface area contributed by atoms with E-state index in [0.29, 0.717) is 0 Å². The van der Waals surface area contributed by atoms with Gasteiger partial charge in [0.1, 0.15) is 5.01 Å². The predicted octanol–water partition coefficient (Wildman–Crippen LogP) is 2.84. The van der Waals surface area contributed by atoms with Gasteiger partial charge >= 0.3 is 0 Å². The van der Waals surface area contributed by atoms with Crippen molar-refractivity contribution >= 4 is 16.5 Å². The Hall–Kier alpha value is -0.640. The SMILES string of the molecule is CCCC(C)(C)Nc1nnc(C)s1. The Labute approximate surface area is 83.6 Å². The monoisotopic (exact) mass is 199 g/mol. The van der Waals surface area contributed by atoms with Crippen molar-refractivity contribution in [2.75, 3.05) is 5.32 Å². The maximum absolute atomic E-state index is 4.04. The van der Waals surface area contributed by atoms with Crippen LogP contribution in [0, 0.1) is 6.92 Å². The quantitative estimate of drug-likeness (QED) is 0.810. The minimum atomic E-state index is 0.126. The van der Waals surface area contributed by atoms with E-state index in [1.807, 2.05) is 6.92 Å². The zero-order valence-corrected chi connectivity index (χ0v) is 9.53. The standard InChI is InChI=1S/C9H17N3S/c1-5-6-9(3,4)10-8-12-11-7(2)13-8/h5-6H2,1-4H3,(H,10,12). The van der Waals surface area contributed by atoms with E-state index in [-0.39, 0.29) is 5.54 Å². The molecule has 0 aliphatic heterocycles. The Morgan fingerprint density at radius 2 is 2.08 bits per heavy atom. The normalized spacial score (nSPS) is 11.7. The molecule has 0 atom stereocenters. The molecule has 1 rings (SSSR count). The molecule has 1 N–H and O–H groups in total. The molecule has 0 radical (unpaired) electrons. The van der Waals surface area contributed by atoms with Crippen molar-refractivity contribution in [1.29, 1.82) is 0 Å². The average Bonchev–Trinajstić information content (AvgIpc) is 2.34. The van der Waals surface area contributed by atoms with Gasteiger partial charge in [0.25, 0.3) is 0 Å². The van der Waals surface area contributed by atoms with E-state index in [9.17, 15) is 0 Å². The van der Waals surface area contributed by atoms with Gasteiger partial charge in [0.15, 0.2) is 0 Å². The van der Waals surface area contributed by atoms with Crippen LogP contribution in [-0.4, -0.2) is 15.7 Å². The molecule has 0 amide bonds. The number of aromatic nitrogens is 2. The van der Waals surface area contributed by atoms with Gasteiger partial charge in [0.2, 0.25) is 5.13 Å². The zero-order valence-electron chi connectivity index (χ0n) is 8.72. The fourth-order valence-electron chi connectivity index (χ4n) is 1.32. The van der Waals surface area contributed by atoms with Gasteiger partial charge in [0.05, 0.1) is 0 Å². The summed E-state index contributed by atoms with van der Waals surface area (Å²) in [7, 11) is 0. The molecule has 1 heterocycles. The Morgan fingerprint density at radius 1 is 1.38 bits per heavy atom. The minimum absolute atomic E-state index is 0.126. The summed E-state index contributed by atoms with van der Waals surface area (Å²) in [6.45, 7) is 8.53. The third-order valence-electron chi connectivity index (χ3n) is 1.85. The summed E-state index contributed by atoms with van der Waals surface area (Å²) in [5, 5.41) is 13.3. The third kappa shape index (κ3) is 3.30. The van der Waals surface area contributed by atoms with Gasteiger partial charge in [-0.25, -0.2) is 0 Å². The Kier molecular flexibility index (Phi) is 3.25. The molecule has 74 valence electrons. The van der Waals surface area contributed by atoms with E-state index < -0.39 is 0 Å². The smallest absolute Gasteiger partial charge is 0.206 e. The summed E-state index contributed by atoms with van der Waals surface area (Å²) >= 11 is 1.61. The molecule has 0 bridgehead atoms. The molecule has 0 saturated carbocycles. The summed E-state index contributed by atoms with van der Waals surface area (Å²) in [5.41, 5.74) is 0.126. The first-order valence-corrected chi connectivity index (χ1v) is 5.43. The largest absolute Gasteiger partial charge is 0.355 e. The molecule has 4 heteroatoms. The van der Waals surface area contributed by atoms with Gasteiger partial charge in [0, 0.05) is 5.54 Å². The molecule has 3 nitrogen and oxygen atoms in total. The van der Waals surface area contributed by atoms with Crippen molar-refractivity contribution in [1.82, 2.24) is 10.2 Å². The van der Waals surface area contributed by atoms with Gasteiger partial charge in [-0.15, -0.1) is 10.2 Å². The Morgan fingerprint density at radius 3 is 2.54 bits per heavy atom. The number of nitrogens with one attached hydrogen (secondary N) is 1. The molecule has 0 aliphatic carbocycles. The van der Waals surface area contributed by atoms with Crippen LogP contribution in [0.2, 0.25) is 0 Å². The van der Waals surface area contributed by atoms with Crippen LogP contribution in [0.3, 0.4) is 0 Å². The second-order valence-electron chi connectivity index (χ2n) is 3.89. The summed E-state index contributed by atoms with van der Waals surface area (Å²) in [6.07, 6.45) is 2.32. The highest BCUT2D eigenvalue weighted by Gasteiger charge is 2.17. The summed E-state index contributed by atoms with van der Waals surface area (Å²) in [6, 6.07) is 0. The van der Waals surface area contributed by atoms with E-state index in [4.69, 9.17) is 0 Å². The van der Waals surface area contributed by atoms with Crippen molar-refractivity contribution in [3.63, 3.8) is 0 Å². The first kappa shape index (κ1) is 10.4. The van der Waals surface area contributed by atoms with Crippen LogP contribution in [0.4, 0.5) is 5.13 Å². The highest BCUT2D eigenvalue weighted by atomic mass is 32.1. The molecule has 0 saturated heterocycles. The van der Waals surface area contributed by atoms with Crippen molar-refractivity contribution in [3.8, 4) is 0 Å². The predicted molar refractivity (Wildman–Crippen MR) is 57.3 cm³/mol. The number of hydrogen-bond donors (Lipinski definition) is 1. The van der Waals surface area contributed by atoms with E-state index >= 15 is 0 Å². The zero-order chi connectivity index (χ0) is 9.90. The lowest BCUT2D eigenvalue weighted by Crippen LogP contribution is -2.30. The number of hydrogen-bond acceptors (Lipinski definition) is 4. The molecule has 0 aliphatic rings. The number of rotatable bonds is 4. The Balaban J connectivity index is 2.57. The molecule has 0 fully saturated rings. The number of nitrogens with zero attached hydrogens (tertiary/aromatic N) is 2. The van der Waals surface area contributed by atoms with Crippen LogP contribution >= 0.6 is 11.3 Å². The molecular weight excluding hydrogens is 182 g/mol. The lowest BCUT2D eigenvalue weighted by Gasteiger charge is -2.24. The molecular formula is C9H17N3S. The van der Waals surface area contributed by atoms with Crippen LogP contribution in [0.25, 0.3) is 0 Å². The van der Waals surface area contributed by atoms with E-state index in [1.54, 1.807) is 11.3 Å². The van der Waals surface area contributed by atoms with Gasteiger partial charge < -0.3 is 5.32 Å². The number of anilines is 1. The van der Waals surface area contributed by atoms with Crippen LogP contribution in [0.15, 0.2) is 0 Å². The first-order chi connectivity index (χ1) is 6.03. The van der Waals surface area contributed by atoms with Crippen molar-refractivity contribution < 1.29 is 0 Å². The van der Waals surface area contributed by atoms with Crippen LogP contribution in [-0.2, 0) is 0 Å². The second kappa shape index (κ2) is 4.05. The summed E-state index contributed by atoms with van der Waals surface area (Å²) in [4.78, 5) is 0. The lowest BCUT2D eigenvalue weighted by molar-refractivity contribution is 0.510. The fraction of sp³-hybridized carbons (Fsp3) is 0.778. The van der Waals surface area contributed by atoms with E-state index in [2.05, 4.69) is 36.3 Å². The third-order valence-corrected chi connectivity index (χ3v) is 2.60. The number of aryl methyl sites for hydroxylation is 1. The van der Waals surface area contributed by atoms with Crippen LogP contribution in [0.1, 0.15) is 38.6 Å². The lowest BCUT2D eigenvalue weighted by atomic mass is 10.00. The van der Waals surface area contributed by atoms with E-state index in [0.717, 1.165) is 16.6 Å². The molecule has 0 spiro atoms. The summed E-state index contributed by atoms with van der Waals surface area (Å²) in [5.74, 6) is 0. The molecule has 1 aromatic heterocycles. The van der Waals surface area contributed by atoms with Crippen LogP contribution < -0.4 is 5.32 Å². The van der Waals surface area contributed by atoms with Crippen molar-refractivity contribution in [2.45, 2.75) is 46.1 Å². The first-order valence-electron chi connectivity index (χ1n) is 4.62. The van der Waals surface area contributed by atoms with Crippen molar-refractivity contribution in [3.05, 3.63) is 5.01 Å². The average molecular weight is 199 g/mol. The summed E-state index contributed by atoms with van der Waals surface area (Å²) < 4.78 is 0. The highest BCUT2D eigenvalue weighted by Crippen LogP contribution is 2.21. The Bertz CT molecular complexity index is 268. The fourth-order valence-corrected chi connectivity index (χ4v) is 2.09. The molecule has 13 heavy (non-hydrogen) atoms. The van der Waals surface area contributed by atoms with Crippen LogP contribution in [0.5, 0.6) is 0 Å². The molecule has 0 unspecified atom stereocenters. The van der Waals surface area contributed by atoms with Gasteiger partial charge in [-0.05, 0) is 27.2 Å². The molecule has 0 aromatic carbocycles. The minimum Gasteiger partial charge on any atom is -0.355 e. The van der Waals surface area contributed by atoms with Gasteiger partial charge in [-0.3, -0.25) is 0 Å². The van der Waals surface area contributed by atoms with Crippen molar-refractivity contribution in [2.24, 2.45) is 0 Å². The highest BCUT2D eigenvalue weighted by molar-refractivity contribution is 7.15. The van der Waals surface area contributed by atoms with E-state index in [1.165, 1.54) is 6.42 Å². The molecule has 1 aromatic rings. The second-order valence-corrected chi connectivity index (χ2v) is 5.07. The maximum Gasteiger partial charge on any atom is 0.206 e. The maximum atomic E-state index is 4.04. The van der Waals surface area contributed by atoms with Gasteiger partial charge in [-0.2, -0.15) is 0 Å².